The molecule has 0 saturated heterocycles. The van der Waals surface area contributed by atoms with Gasteiger partial charge in [-0.1, -0.05) is 12.1 Å². The SMILES string of the molecule is C[C@H](CO)NCc1ccc2c(c1)CCO2. The van der Waals surface area contributed by atoms with Gasteiger partial charge in [0.15, 0.2) is 0 Å². The van der Waals surface area contributed by atoms with Crippen molar-refractivity contribution in [1.29, 1.82) is 0 Å². The first kappa shape index (κ1) is 10.5. The lowest BCUT2D eigenvalue weighted by Gasteiger charge is -2.11. The van der Waals surface area contributed by atoms with Crippen molar-refractivity contribution in [3.8, 4) is 5.75 Å². The van der Waals surface area contributed by atoms with Crippen molar-refractivity contribution < 1.29 is 9.84 Å². The average molecular weight is 207 g/mol. The molecule has 1 atom stereocenters. The Balaban J connectivity index is 1.98. The summed E-state index contributed by atoms with van der Waals surface area (Å²) in [5.41, 5.74) is 2.55. The summed E-state index contributed by atoms with van der Waals surface area (Å²) in [5.74, 6) is 1.02. The van der Waals surface area contributed by atoms with E-state index < -0.39 is 0 Å². The van der Waals surface area contributed by atoms with E-state index in [1.165, 1.54) is 11.1 Å². The number of fused-ring (bicyclic) bond motifs is 1. The van der Waals surface area contributed by atoms with Crippen LogP contribution in [0.3, 0.4) is 0 Å². The van der Waals surface area contributed by atoms with E-state index in [1.807, 2.05) is 13.0 Å². The normalized spacial score (nSPS) is 15.9. The Hall–Kier alpha value is -1.06. The molecule has 3 nitrogen and oxygen atoms in total. The van der Waals surface area contributed by atoms with Gasteiger partial charge in [-0.05, 0) is 24.1 Å². The van der Waals surface area contributed by atoms with E-state index in [2.05, 4.69) is 17.4 Å². The maximum absolute atomic E-state index is 8.89. The van der Waals surface area contributed by atoms with Crippen LogP contribution in [0.1, 0.15) is 18.1 Å². The predicted octanol–water partition coefficient (Wildman–Crippen LogP) is 1.09. The molecule has 1 aromatic carbocycles. The Bertz CT molecular complexity index is 338. The molecule has 1 heterocycles. The van der Waals surface area contributed by atoms with Crippen LogP contribution in [-0.4, -0.2) is 24.4 Å². The second-order valence-corrected chi connectivity index (χ2v) is 4.01. The van der Waals surface area contributed by atoms with Crippen LogP contribution >= 0.6 is 0 Å². The molecule has 0 radical (unpaired) electrons. The molecular weight excluding hydrogens is 190 g/mol. The highest BCUT2D eigenvalue weighted by Gasteiger charge is 2.11. The van der Waals surface area contributed by atoms with Gasteiger partial charge in [-0.15, -0.1) is 0 Å². The fraction of sp³-hybridized carbons (Fsp3) is 0.500. The standard InChI is InChI=1S/C12H17NO2/c1-9(8-14)13-7-10-2-3-12-11(6-10)4-5-15-12/h2-3,6,9,13-14H,4-5,7-8H2,1H3/t9-/m1/s1. The molecule has 1 aliphatic rings. The number of aliphatic hydroxyl groups excluding tert-OH is 1. The molecule has 0 aliphatic carbocycles. The van der Waals surface area contributed by atoms with Gasteiger partial charge < -0.3 is 15.2 Å². The fourth-order valence-electron chi connectivity index (χ4n) is 1.71. The number of hydrogen-bond acceptors (Lipinski definition) is 3. The highest BCUT2D eigenvalue weighted by Crippen LogP contribution is 2.25. The van der Waals surface area contributed by atoms with Crippen molar-refractivity contribution in [3.05, 3.63) is 29.3 Å². The molecule has 3 heteroatoms. The van der Waals surface area contributed by atoms with E-state index >= 15 is 0 Å². The van der Waals surface area contributed by atoms with Gasteiger partial charge in [0.2, 0.25) is 0 Å². The van der Waals surface area contributed by atoms with Crippen LogP contribution in [0.4, 0.5) is 0 Å². The zero-order valence-electron chi connectivity index (χ0n) is 8.99. The molecule has 82 valence electrons. The molecule has 0 amide bonds. The van der Waals surface area contributed by atoms with Crippen LogP contribution in [-0.2, 0) is 13.0 Å². The van der Waals surface area contributed by atoms with E-state index in [9.17, 15) is 0 Å². The molecule has 0 bridgehead atoms. The van der Waals surface area contributed by atoms with Crippen molar-refractivity contribution in [2.45, 2.75) is 25.9 Å². The molecule has 0 unspecified atom stereocenters. The van der Waals surface area contributed by atoms with Gasteiger partial charge in [-0.2, -0.15) is 0 Å². The minimum absolute atomic E-state index is 0.148. The van der Waals surface area contributed by atoms with E-state index in [4.69, 9.17) is 9.84 Å². The maximum Gasteiger partial charge on any atom is 0.122 e. The summed E-state index contributed by atoms with van der Waals surface area (Å²) in [6.45, 7) is 3.75. The van der Waals surface area contributed by atoms with Gasteiger partial charge in [-0.3, -0.25) is 0 Å². The average Bonchev–Trinajstić information content (AvgIpc) is 2.72. The van der Waals surface area contributed by atoms with Crippen LogP contribution in [0, 0.1) is 0 Å². The van der Waals surface area contributed by atoms with Gasteiger partial charge in [-0.25, -0.2) is 0 Å². The van der Waals surface area contributed by atoms with E-state index in [0.717, 1.165) is 25.3 Å². The van der Waals surface area contributed by atoms with Gasteiger partial charge in [0.25, 0.3) is 0 Å². The second kappa shape index (κ2) is 4.64. The third-order valence-corrected chi connectivity index (χ3v) is 2.68. The van der Waals surface area contributed by atoms with Gasteiger partial charge in [0.1, 0.15) is 5.75 Å². The Kier molecular flexibility index (Phi) is 3.23. The second-order valence-electron chi connectivity index (χ2n) is 4.01. The van der Waals surface area contributed by atoms with Crippen molar-refractivity contribution in [1.82, 2.24) is 5.32 Å². The zero-order valence-corrected chi connectivity index (χ0v) is 8.99. The smallest absolute Gasteiger partial charge is 0.122 e. The third kappa shape index (κ3) is 2.49. The van der Waals surface area contributed by atoms with Crippen LogP contribution < -0.4 is 10.1 Å². The van der Waals surface area contributed by atoms with Crippen LogP contribution in [0.25, 0.3) is 0 Å². The molecule has 0 saturated carbocycles. The van der Waals surface area contributed by atoms with E-state index in [1.54, 1.807) is 0 Å². The topological polar surface area (TPSA) is 41.5 Å². The number of aliphatic hydroxyl groups is 1. The summed E-state index contributed by atoms with van der Waals surface area (Å²) in [6, 6.07) is 6.43. The number of rotatable bonds is 4. The molecule has 0 spiro atoms. The van der Waals surface area contributed by atoms with Gasteiger partial charge in [0.05, 0.1) is 13.2 Å². The fourth-order valence-corrected chi connectivity index (χ4v) is 1.71. The monoisotopic (exact) mass is 207 g/mol. The quantitative estimate of drug-likeness (QED) is 0.776. The Morgan fingerprint density at radius 2 is 2.40 bits per heavy atom. The van der Waals surface area contributed by atoms with Crippen LogP contribution in [0.15, 0.2) is 18.2 Å². The lowest BCUT2D eigenvalue weighted by Crippen LogP contribution is -2.28. The van der Waals surface area contributed by atoms with Crippen molar-refractivity contribution >= 4 is 0 Å². The van der Waals surface area contributed by atoms with Crippen LogP contribution in [0.5, 0.6) is 5.75 Å². The first-order valence-electron chi connectivity index (χ1n) is 5.38. The number of nitrogens with one attached hydrogen (secondary N) is 1. The Labute approximate surface area is 90.1 Å². The van der Waals surface area contributed by atoms with Crippen molar-refractivity contribution in [2.24, 2.45) is 0 Å². The minimum Gasteiger partial charge on any atom is -0.493 e. The lowest BCUT2D eigenvalue weighted by molar-refractivity contribution is 0.251. The minimum atomic E-state index is 0.148. The van der Waals surface area contributed by atoms with Crippen molar-refractivity contribution in [3.63, 3.8) is 0 Å². The lowest BCUT2D eigenvalue weighted by atomic mass is 10.1. The summed E-state index contributed by atoms with van der Waals surface area (Å²) < 4.78 is 5.44. The zero-order chi connectivity index (χ0) is 10.7. The first-order chi connectivity index (χ1) is 7.29. The summed E-state index contributed by atoms with van der Waals surface area (Å²) in [7, 11) is 0. The number of ether oxygens (including phenoxy) is 1. The summed E-state index contributed by atoms with van der Waals surface area (Å²) in [5, 5.41) is 12.1. The molecular formula is C12H17NO2. The van der Waals surface area contributed by atoms with Crippen LogP contribution in [0.2, 0.25) is 0 Å². The molecule has 0 fully saturated rings. The molecule has 0 aromatic heterocycles. The summed E-state index contributed by atoms with van der Waals surface area (Å²) in [6.07, 6.45) is 1.01. The molecule has 2 N–H and O–H groups in total. The number of hydrogen-bond donors (Lipinski definition) is 2. The highest BCUT2D eigenvalue weighted by atomic mass is 16.5. The largest absolute Gasteiger partial charge is 0.493 e. The predicted molar refractivity (Wildman–Crippen MR) is 59.0 cm³/mol. The molecule has 2 rings (SSSR count). The highest BCUT2D eigenvalue weighted by molar-refractivity contribution is 5.39. The van der Waals surface area contributed by atoms with E-state index in [0.29, 0.717) is 0 Å². The Morgan fingerprint density at radius 3 is 3.20 bits per heavy atom. The summed E-state index contributed by atoms with van der Waals surface area (Å²) in [4.78, 5) is 0. The third-order valence-electron chi connectivity index (χ3n) is 2.68. The molecule has 1 aromatic rings. The maximum atomic E-state index is 8.89. The van der Waals surface area contributed by atoms with Crippen molar-refractivity contribution in [2.75, 3.05) is 13.2 Å². The number of benzene rings is 1. The van der Waals surface area contributed by atoms with E-state index in [-0.39, 0.29) is 12.6 Å². The Morgan fingerprint density at radius 1 is 1.53 bits per heavy atom. The first-order valence-corrected chi connectivity index (χ1v) is 5.38. The molecule has 15 heavy (non-hydrogen) atoms. The van der Waals surface area contributed by atoms with Gasteiger partial charge in [0, 0.05) is 19.0 Å². The molecule has 1 aliphatic heterocycles. The summed E-state index contributed by atoms with van der Waals surface area (Å²) >= 11 is 0. The van der Waals surface area contributed by atoms with Gasteiger partial charge >= 0.3 is 0 Å².